The highest BCUT2D eigenvalue weighted by Gasteiger charge is 2.13. The van der Waals surface area contributed by atoms with Gasteiger partial charge in [0, 0.05) is 6.54 Å². The summed E-state index contributed by atoms with van der Waals surface area (Å²) in [6.45, 7) is 3.86. The molecule has 3 nitrogen and oxygen atoms in total. The summed E-state index contributed by atoms with van der Waals surface area (Å²) in [6, 6.07) is 16.7. The third-order valence-electron chi connectivity index (χ3n) is 3.43. The van der Waals surface area contributed by atoms with Crippen molar-refractivity contribution in [3.05, 3.63) is 65.2 Å². The average molecular weight is 251 g/mol. The molecule has 0 amide bonds. The molecule has 0 N–H and O–H groups in total. The van der Waals surface area contributed by atoms with Gasteiger partial charge in [-0.15, -0.1) is 5.11 Å². The minimum atomic E-state index is 0.853. The predicted octanol–water partition coefficient (Wildman–Crippen LogP) is 4.05. The van der Waals surface area contributed by atoms with Crippen molar-refractivity contribution in [1.82, 2.24) is 5.01 Å². The number of hydrogen-bond donors (Lipinski definition) is 0. The Labute approximate surface area is 113 Å². The van der Waals surface area contributed by atoms with Crippen LogP contribution in [0.3, 0.4) is 0 Å². The summed E-state index contributed by atoms with van der Waals surface area (Å²) in [5.41, 5.74) is 4.94. The molecule has 19 heavy (non-hydrogen) atoms. The summed E-state index contributed by atoms with van der Waals surface area (Å²) in [7, 11) is 0. The molecule has 0 aromatic heterocycles. The zero-order chi connectivity index (χ0) is 13.1. The fraction of sp³-hybridized carbons (Fsp3) is 0.250. The quantitative estimate of drug-likeness (QED) is 0.740. The van der Waals surface area contributed by atoms with E-state index in [9.17, 15) is 0 Å². The molecule has 1 heterocycles. The lowest BCUT2D eigenvalue weighted by molar-refractivity contribution is 0.250. The number of rotatable bonds is 2. The van der Waals surface area contributed by atoms with E-state index in [4.69, 9.17) is 0 Å². The lowest BCUT2D eigenvalue weighted by Gasteiger charge is -2.24. The van der Waals surface area contributed by atoms with Crippen LogP contribution in [0, 0.1) is 6.92 Å². The monoisotopic (exact) mass is 251 g/mol. The van der Waals surface area contributed by atoms with Gasteiger partial charge in [0.25, 0.3) is 0 Å². The van der Waals surface area contributed by atoms with E-state index in [-0.39, 0.29) is 0 Å². The average Bonchev–Trinajstić information content (AvgIpc) is 2.46. The first-order chi connectivity index (χ1) is 9.31. The first kappa shape index (κ1) is 11.9. The van der Waals surface area contributed by atoms with E-state index in [1.807, 2.05) is 17.1 Å². The van der Waals surface area contributed by atoms with Crippen molar-refractivity contribution in [3.8, 4) is 0 Å². The van der Waals surface area contributed by atoms with Crippen molar-refractivity contribution in [2.45, 2.75) is 19.9 Å². The number of benzene rings is 2. The number of aryl methyl sites for hydroxylation is 1. The summed E-state index contributed by atoms with van der Waals surface area (Å²) >= 11 is 0. The third-order valence-corrected chi connectivity index (χ3v) is 3.43. The van der Waals surface area contributed by atoms with Gasteiger partial charge in [-0.2, -0.15) is 0 Å². The van der Waals surface area contributed by atoms with Crippen molar-refractivity contribution in [2.75, 3.05) is 6.54 Å². The van der Waals surface area contributed by atoms with Gasteiger partial charge in [-0.1, -0.05) is 47.2 Å². The second-order valence-electron chi connectivity index (χ2n) is 4.93. The second-order valence-corrected chi connectivity index (χ2v) is 4.93. The van der Waals surface area contributed by atoms with Gasteiger partial charge in [-0.3, -0.25) is 5.01 Å². The Balaban J connectivity index is 1.70. The van der Waals surface area contributed by atoms with Gasteiger partial charge in [0.2, 0.25) is 0 Å². The van der Waals surface area contributed by atoms with Crippen molar-refractivity contribution in [3.63, 3.8) is 0 Å². The Bertz CT molecular complexity index is 587. The molecule has 0 bridgehead atoms. The van der Waals surface area contributed by atoms with Gasteiger partial charge in [-0.05, 0) is 36.6 Å². The molecule has 0 radical (unpaired) electrons. The molecule has 3 heteroatoms. The molecule has 2 aromatic rings. The lowest BCUT2D eigenvalue weighted by atomic mass is 10.0. The van der Waals surface area contributed by atoms with Gasteiger partial charge in [0.15, 0.2) is 0 Å². The molecule has 0 aliphatic carbocycles. The highest BCUT2D eigenvalue weighted by atomic mass is 15.5. The van der Waals surface area contributed by atoms with E-state index < -0.39 is 0 Å². The highest BCUT2D eigenvalue weighted by molar-refractivity contribution is 5.37. The topological polar surface area (TPSA) is 28.0 Å². The van der Waals surface area contributed by atoms with Crippen LogP contribution in [-0.2, 0) is 13.0 Å². The zero-order valence-electron chi connectivity index (χ0n) is 11.1. The smallest absolute Gasteiger partial charge is 0.0874 e. The molecule has 3 rings (SSSR count). The van der Waals surface area contributed by atoms with Gasteiger partial charge < -0.3 is 0 Å². The van der Waals surface area contributed by atoms with E-state index in [0.29, 0.717) is 0 Å². The molecule has 0 saturated heterocycles. The molecule has 0 spiro atoms. The van der Waals surface area contributed by atoms with Crippen molar-refractivity contribution < 1.29 is 0 Å². The summed E-state index contributed by atoms with van der Waals surface area (Å²) in [5.74, 6) is 0. The van der Waals surface area contributed by atoms with Crippen LogP contribution < -0.4 is 0 Å². The SMILES string of the molecule is Cc1ccc(N=NN2CCc3ccccc3C2)cc1. The van der Waals surface area contributed by atoms with Gasteiger partial charge in [-0.25, -0.2) is 0 Å². The van der Waals surface area contributed by atoms with Crippen LogP contribution in [0.15, 0.2) is 58.9 Å². The maximum Gasteiger partial charge on any atom is 0.0874 e. The molecule has 96 valence electrons. The summed E-state index contributed by atoms with van der Waals surface area (Å²) in [6.07, 6.45) is 1.04. The zero-order valence-corrected chi connectivity index (χ0v) is 11.1. The van der Waals surface area contributed by atoms with Crippen LogP contribution >= 0.6 is 0 Å². The number of fused-ring (bicyclic) bond motifs is 1. The summed E-state index contributed by atoms with van der Waals surface area (Å²) in [4.78, 5) is 0. The first-order valence-electron chi connectivity index (χ1n) is 6.61. The Morgan fingerprint density at radius 1 is 0.947 bits per heavy atom. The molecular formula is C16H17N3. The molecule has 0 unspecified atom stereocenters. The molecule has 0 saturated carbocycles. The number of hydrogen-bond acceptors (Lipinski definition) is 2. The standard InChI is InChI=1S/C16H17N3/c1-13-6-8-16(9-7-13)17-18-19-11-10-14-4-2-3-5-15(14)12-19/h2-9H,10-12H2,1H3. The Kier molecular flexibility index (Phi) is 3.27. The minimum Gasteiger partial charge on any atom is -0.274 e. The Morgan fingerprint density at radius 3 is 2.47 bits per heavy atom. The van der Waals surface area contributed by atoms with Crippen molar-refractivity contribution in [1.29, 1.82) is 0 Å². The maximum atomic E-state index is 4.34. The summed E-state index contributed by atoms with van der Waals surface area (Å²) in [5, 5.41) is 10.7. The van der Waals surface area contributed by atoms with Crippen molar-refractivity contribution in [2.24, 2.45) is 10.3 Å². The fourth-order valence-electron chi connectivity index (χ4n) is 2.28. The summed E-state index contributed by atoms with van der Waals surface area (Å²) < 4.78 is 0. The third kappa shape index (κ3) is 2.81. The first-order valence-corrected chi connectivity index (χ1v) is 6.61. The van der Waals surface area contributed by atoms with Crippen LogP contribution in [0.1, 0.15) is 16.7 Å². The van der Waals surface area contributed by atoms with Crippen LogP contribution in [0.25, 0.3) is 0 Å². The minimum absolute atomic E-state index is 0.853. The van der Waals surface area contributed by atoms with Crippen LogP contribution in [0.4, 0.5) is 5.69 Å². The normalized spacial score (nSPS) is 14.7. The van der Waals surface area contributed by atoms with Gasteiger partial charge >= 0.3 is 0 Å². The Hall–Kier alpha value is -2.16. The molecule has 1 aliphatic rings. The number of nitrogens with zero attached hydrogens (tertiary/aromatic N) is 3. The molecule has 2 aromatic carbocycles. The molecule has 0 fully saturated rings. The van der Waals surface area contributed by atoms with E-state index in [1.54, 1.807) is 0 Å². The second kappa shape index (κ2) is 5.22. The molecular weight excluding hydrogens is 234 g/mol. The predicted molar refractivity (Wildman–Crippen MR) is 76.3 cm³/mol. The van der Waals surface area contributed by atoms with Gasteiger partial charge in [0.1, 0.15) is 0 Å². The Morgan fingerprint density at radius 2 is 1.68 bits per heavy atom. The highest BCUT2D eigenvalue weighted by Crippen LogP contribution is 2.20. The molecule has 0 atom stereocenters. The molecule has 1 aliphatic heterocycles. The van der Waals surface area contributed by atoms with E-state index in [2.05, 4.69) is 53.7 Å². The van der Waals surface area contributed by atoms with Crippen LogP contribution in [-0.4, -0.2) is 11.6 Å². The fourth-order valence-corrected chi connectivity index (χ4v) is 2.28. The van der Waals surface area contributed by atoms with Crippen molar-refractivity contribution >= 4 is 5.69 Å². The van der Waals surface area contributed by atoms with E-state index >= 15 is 0 Å². The van der Waals surface area contributed by atoms with E-state index in [0.717, 1.165) is 25.2 Å². The van der Waals surface area contributed by atoms with Crippen LogP contribution in [0.5, 0.6) is 0 Å². The van der Waals surface area contributed by atoms with Gasteiger partial charge in [0.05, 0.1) is 12.2 Å². The van der Waals surface area contributed by atoms with E-state index in [1.165, 1.54) is 16.7 Å². The largest absolute Gasteiger partial charge is 0.274 e. The maximum absolute atomic E-state index is 4.34. The van der Waals surface area contributed by atoms with Crippen LogP contribution in [0.2, 0.25) is 0 Å². The lowest BCUT2D eigenvalue weighted by Crippen LogP contribution is -2.25.